The summed E-state index contributed by atoms with van der Waals surface area (Å²) in [5.41, 5.74) is 0.377. The first kappa shape index (κ1) is 12.5. The Morgan fingerprint density at radius 1 is 1.06 bits per heavy atom. The molecule has 16 heavy (non-hydrogen) atoms. The molecule has 0 aliphatic heterocycles. The van der Waals surface area contributed by atoms with Gasteiger partial charge in [-0.3, -0.25) is 9.59 Å². The van der Waals surface area contributed by atoms with Gasteiger partial charge >= 0.3 is 17.2 Å². The fourth-order valence-corrected chi connectivity index (χ4v) is 1.49. The van der Waals surface area contributed by atoms with Crippen molar-refractivity contribution in [2.45, 2.75) is 19.1 Å². The maximum absolute atomic E-state index is 10.9. The first-order valence-electron chi connectivity index (χ1n) is 4.57. The van der Waals surface area contributed by atoms with Crippen molar-refractivity contribution >= 4 is 23.5 Å². The predicted molar refractivity (Wildman–Crippen MR) is 57.5 cm³/mol. The van der Waals surface area contributed by atoms with Gasteiger partial charge in [0.25, 0.3) is 0 Å². The summed E-state index contributed by atoms with van der Waals surface area (Å²) in [6.45, 7) is 2.37. The lowest BCUT2D eigenvalue weighted by molar-refractivity contribution is -0.200. The molecule has 1 aromatic carbocycles. The van der Waals surface area contributed by atoms with Crippen molar-refractivity contribution in [3.63, 3.8) is 0 Å². The summed E-state index contributed by atoms with van der Waals surface area (Å²) in [7, 11) is 0. The van der Waals surface area contributed by atoms with Crippen molar-refractivity contribution in [2.24, 2.45) is 0 Å². The summed E-state index contributed by atoms with van der Waals surface area (Å²) < 4.78 is 9.64. The molecule has 86 valence electrons. The third kappa shape index (κ3) is 3.24. The molecule has 0 atom stereocenters. The average Bonchev–Trinajstić information content (AvgIpc) is 2.16. The predicted octanol–water partition coefficient (Wildman–Crippen LogP) is 2.16. The van der Waals surface area contributed by atoms with Crippen LogP contribution >= 0.6 is 11.6 Å². The molecule has 0 bridgehead atoms. The summed E-state index contributed by atoms with van der Waals surface area (Å²) in [4.78, 5) is 21.8. The summed E-state index contributed by atoms with van der Waals surface area (Å²) in [6.07, 6.45) is 0. The number of alkyl halides is 1. The first-order chi connectivity index (χ1) is 7.44. The van der Waals surface area contributed by atoms with E-state index in [9.17, 15) is 9.59 Å². The van der Waals surface area contributed by atoms with Gasteiger partial charge in [0, 0.05) is 13.8 Å². The number of esters is 2. The van der Waals surface area contributed by atoms with Gasteiger partial charge in [-0.2, -0.15) is 0 Å². The lowest BCUT2D eigenvalue weighted by Crippen LogP contribution is -2.30. The number of halogens is 1. The molecule has 0 amide bonds. The molecule has 1 aromatic rings. The van der Waals surface area contributed by atoms with Gasteiger partial charge in [0.2, 0.25) is 0 Å². The van der Waals surface area contributed by atoms with E-state index in [2.05, 4.69) is 0 Å². The fourth-order valence-electron chi connectivity index (χ4n) is 1.15. The van der Waals surface area contributed by atoms with Crippen LogP contribution in [0.1, 0.15) is 19.4 Å². The lowest BCUT2D eigenvalue weighted by Gasteiger charge is -2.25. The molecule has 0 unspecified atom stereocenters. The number of carbonyl (C=O) groups is 2. The van der Waals surface area contributed by atoms with Crippen LogP contribution in [0.3, 0.4) is 0 Å². The number of hydrogen-bond donors (Lipinski definition) is 0. The molecule has 0 radical (unpaired) electrons. The molecule has 0 heterocycles. The number of benzene rings is 1. The quantitative estimate of drug-likeness (QED) is 0.463. The van der Waals surface area contributed by atoms with E-state index in [0.717, 1.165) is 0 Å². The topological polar surface area (TPSA) is 52.6 Å². The molecule has 0 aliphatic carbocycles. The Morgan fingerprint density at radius 2 is 1.50 bits per heavy atom. The first-order valence-corrected chi connectivity index (χ1v) is 4.95. The molecule has 0 saturated carbocycles. The van der Waals surface area contributed by atoms with Gasteiger partial charge in [-0.25, -0.2) is 0 Å². The molecule has 0 saturated heterocycles. The normalized spacial score (nSPS) is 10.7. The van der Waals surface area contributed by atoms with Gasteiger partial charge in [0.1, 0.15) is 0 Å². The van der Waals surface area contributed by atoms with Crippen molar-refractivity contribution in [3.8, 4) is 0 Å². The minimum atomic E-state index is -1.89. The molecular formula is C11H11ClO4. The molecule has 0 aliphatic rings. The number of rotatable bonds is 3. The van der Waals surface area contributed by atoms with Gasteiger partial charge in [0.05, 0.1) is 5.56 Å². The van der Waals surface area contributed by atoms with Crippen molar-refractivity contribution in [1.29, 1.82) is 0 Å². The Balaban J connectivity index is 3.04. The lowest BCUT2D eigenvalue weighted by atomic mass is 10.2. The van der Waals surface area contributed by atoms with E-state index in [1.807, 2.05) is 0 Å². The van der Waals surface area contributed by atoms with E-state index < -0.39 is 17.2 Å². The van der Waals surface area contributed by atoms with Gasteiger partial charge < -0.3 is 9.47 Å². The summed E-state index contributed by atoms with van der Waals surface area (Å²) >= 11 is 5.97. The number of carbonyl (C=O) groups excluding carboxylic acids is 2. The van der Waals surface area contributed by atoms with E-state index in [1.165, 1.54) is 13.8 Å². The smallest absolute Gasteiger partial charge is 0.365 e. The third-order valence-corrected chi connectivity index (χ3v) is 2.04. The van der Waals surface area contributed by atoms with Crippen LogP contribution in [0.2, 0.25) is 0 Å². The van der Waals surface area contributed by atoms with Crippen molar-refractivity contribution in [2.75, 3.05) is 0 Å². The Bertz CT molecular complexity index is 372. The summed E-state index contributed by atoms with van der Waals surface area (Å²) in [5.74, 6) is -1.28. The van der Waals surface area contributed by atoms with Crippen LogP contribution in [-0.2, 0) is 24.3 Å². The van der Waals surface area contributed by atoms with Crippen molar-refractivity contribution < 1.29 is 19.1 Å². The highest BCUT2D eigenvalue weighted by Crippen LogP contribution is 2.32. The Kier molecular flexibility index (Phi) is 3.90. The second-order valence-corrected chi connectivity index (χ2v) is 3.59. The maximum Gasteiger partial charge on any atom is 0.365 e. The van der Waals surface area contributed by atoms with Crippen LogP contribution in [0.15, 0.2) is 30.3 Å². The molecule has 0 spiro atoms. The zero-order valence-corrected chi connectivity index (χ0v) is 9.65. The minimum Gasteiger partial charge on any atom is -0.404 e. The highest BCUT2D eigenvalue weighted by Gasteiger charge is 2.37. The molecule has 0 fully saturated rings. The minimum absolute atomic E-state index is 0.377. The molecule has 1 rings (SSSR count). The van der Waals surface area contributed by atoms with Gasteiger partial charge in [0.15, 0.2) is 0 Å². The Labute approximate surface area is 98.1 Å². The second kappa shape index (κ2) is 4.99. The average molecular weight is 243 g/mol. The van der Waals surface area contributed by atoms with Crippen LogP contribution in [-0.4, -0.2) is 11.9 Å². The third-order valence-electron chi connectivity index (χ3n) is 1.67. The molecule has 5 heteroatoms. The molecule has 0 N–H and O–H groups in total. The van der Waals surface area contributed by atoms with E-state index in [-0.39, 0.29) is 0 Å². The highest BCUT2D eigenvalue weighted by molar-refractivity contribution is 6.23. The SMILES string of the molecule is CC(=O)OC(Cl)(OC(C)=O)c1ccccc1. The molecule has 4 nitrogen and oxygen atoms in total. The standard InChI is InChI=1S/C11H11ClO4/c1-8(13)15-11(12,16-9(2)14)10-6-4-3-5-7-10/h3-7H,1-2H3. The van der Waals surface area contributed by atoms with E-state index in [1.54, 1.807) is 30.3 Å². The van der Waals surface area contributed by atoms with Crippen LogP contribution in [0.4, 0.5) is 0 Å². The van der Waals surface area contributed by atoms with Crippen molar-refractivity contribution in [3.05, 3.63) is 35.9 Å². The van der Waals surface area contributed by atoms with Gasteiger partial charge in [-0.15, -0.1) is 0 Å². The van der Waals surface area contributed by atoms with E-state index >= 15 is 0 Å². The van der Waals surface area contributed by atoms with E-state index in [0.29, 0.717) is 5.56 Å². The summed E-state index contributed by atoms with van der Waals surface area (Å²) in [5, 5.41) is -1.89. The second-order valence-electron chi connectivity index (χ2n) is 3.09. The summed E-state index contributed by atoms with van der Waals surface area (Å²) in [6, 6.07) is 8.35. The van der Waals surface area contributed by atoms with Crippen LogP contribution in [0, 0.1) is 0 Å². The zero-order chi connectivity index (χ0) is 12.2. The maximum atomic E-state index is 10.9. The Hall–Kier alpha value is -1.55. The monoisotopic (exact) mass is 242 g/mol. The number of ether oxygens (including phenoxy) is 2. The zero-order valence-electron chi connectivity index (χ0n) is 8.90. The van der Waals surface area contributed by atoms with E-state index in [4.69, 9.17) is 21.1 Å². The fraction of sp³-hybridized carbons (Fsp3) is 0.273. The largest absolute Gasteiger partial charge is 0.404 e. The van der Waals surface area contributed by atoms with Crippen LogP contribution in [0.25, 0.3) is 0 Å². The van der Waals surface area contributed by atoms with Gasteiger partial charge in [-0.1, -0.05) is 18.2 Å². The van der Waals surface area contributed by atoms with Gasteiger partial charge in [-0.05, 0) is 23.7 Å². The van der Waals surface area contributed by atoms with Crippen molar-refractivity contribution in [1.82, 2.24) is 0 Å². The molecule has 0 aromatic heterocycles. The van der Waals surface area contributed by atoms with Crippen LogP contribution < -0.4 is 0 Å². The van der Waals surface area contributed by atoms with Crippen LogP contribution in [0.5, 0.6) is 0 Å². The molecular weight excluding hydrogens is 232 g/mol. The number of hydrogen-bond acceptors (Lipinski definition) is 4. The Morgan fingerprint density at radius 3 is 1.88 bits per heavy atom. The highest BCUT2D eigenvalue weighted by atomic mass is 35.5.